The van der Waals surface area contributed by atoms with E-state index in [2.05, 4.69) is 34.3 Å². The fraction of sp³-hybridized carbons (Fsp3) is 0.667. The van der Waals surface area contributed by atoms with Crippen molar-refractivity contribution in [2.24, 2.45) is 0 Å². The molecule has 6 heteroatoms. The van der Waals surface area contributed by atoms with E-state index in [1.807, 2.05) is 11.1 Å². The number of piperidine rings is 1. The minimum Gasteiger partial charge on any atom is -0.375 e. The molecule has 1 N–H and O–H groups in total. The lowest BCUT2D eigenvalue weighted by atomic mass is 10.1. The SMILES string of the molecule is CCC1CN(C(=O)NCc2ccc(N3CCCCC3)nc2)CCO1. The summed E-state index contributed by atoms with van der Waals surface area (Å²) in [5.74, 6) is 1.05. The quantitative estimate of drug-likeness (QED) is 0.920. The molecule has 2 aliphatic heterocycles. The molecule has 24 heavy (non-hydrogen) atoms. The summed E-state index contributed by atoms with van der Waals surface area (Å²) in [6.45, 7) is 6.75. The third kappa shape index (κ3) is 4.38. The largest absolute Gasteiger partial charge is 0.375 e. The first-order chi connectivity index (χ1) is 11.8. The third-order valence-electron chi connectivity index (χ3n) is 4.81. The number of urea groups is 1. The van der Waals surface area contributed by atoms with Crippen molar-refractivity contribution < 1.29 is 9.53 Å². The minimum atomic E-state index is -0.0168. The van der Waals surface area contributed by atoms with Crippen LogP contribution in [0.25, 0.3) is 0 Å². The topological polar surface area (TPSA) is 57.7 Å². The van der Waals surface area contributed by atoms with Crippen LogP contribution in [0.5, 0.6) is 0 Å². The molecule has 1 aromatic heterocycles. The van der Waals surface area contributed by atoms with Gasteiger partial charge in [-0.2, -0.15) is 0 Å². The van der Waals surface area contributed by atoms with E-state index in [1.54, 1.807) is 0 Å². The molecule has 1 atom stereocenters. The number of pyridine rings is 1. The van der Waals surface area contributed by atoms with Crippen molar-refractivity contribution in [2.45, 2.75) is 45.3 Å². The van der Waals surface area contributed by atoms with Crippen LogP contribution in [-0.4, -0.2) is 54.8 Å². The molecule has 0 aromatic carbocycles. The first-order valence-corrected chi connectivity index (χ1v) is 9.10. The standard InChI is InChI=1S/C18H28N4O2/c1-2-16-14-22(10-11-24-16)18(23)20-13-15-6-7-17(19-12-15)21-8-4-3-5-9-21/h6-7,12,16H,2-5,8-11,13-14H2,1H3,(H,20,23). The van der Waals surface area contributed by atoms with Gasteiger partial charge in [-0.3, -0.25) is 0 Å². The van der Waals surface area contributed by atoms with Gasteiger partial charge in [-0.05, 0) is 37.3 Å². The number of ether oxygens (including phenoxy) is 1. The zero-order valence-corrected chi connectivity index (χ0v) is 14.5. The zero-order valence-electron chi connectivity index (χ0n) is 14.5. The van der Waals surface area contributed by atoms with Gasteiger partial charge in [-0.1, -0.05) is 13.0 Å². The molecular weight excluding hydrogens is 304 g/mol. The number of nitrogens with zero attached hydrogens (tertiary/aromatic N) is 3. The summed E-state index contributed by atoms with van der Waals surface area (Å²) in [5, 5.41) is 2.99. The molecule has 6 nitrogen and oxygen atoms in total. The van der Waals surface area contributed by atoms with E-state index in [1.165, 1.54) is 19.3 Å². The second-order valence-corrected chi connectivity index (χ2v) is 6.58. The first-order valence-electron chi connectivity index (χ1n) is 9.10. The molecule has 2 aliphatic rings. The van der Waals surface area contributed by atoms with Crippen molar-refractivity contribution in [1.29, 1.82) is 0 Å². The van der Waals surface area contributed by atoms with Gasteiger partial charge in [0.15, 0.2) is 0 Å². The number of morpholine rings is 1. The number of nitrogens with one attached hydrogen (secondary N) is 1. The molecule has 2 saturated heterocycles. The second kappa shape index (κ2) is 8.33. The number of carbonyl (C=O) groups excluding carboxylic acids is 1. The van der Waals surface area contributed by atoms with Crippen LogP contribution in [0.3, 0.4) is 0 Å². The smallest absolute Gasteiger partial charge is 0.317 e. The number of anilines is 1. The van der Waals surface area contributed by atoms with Gasteiger partial charge < -0.3 is 19.9 Å². The van der Waals surface area contributed by atoms with Gasteiger partial charge in [0.2, 0.25) is 0 Å². The molecule has 1 aromatic rings. The number of carbonyl (C=O) groups is 1. The highest BCUT2D eigenvalue weighted by molar-refractivity contribution is 5.74. The highest BCUT2D eigenvalue weighted by atomic mass is 16.5. The van der Waals surface area contributed by atoms with Crippen molar-refractivity contribution in [3.05, 3.63) is 23.9 Å². The summed E-state index contributed by atoms with van der Waals surface area (Å²) >= 11 is 0. The predicted octanol–water partition coefficient (Wildman–Crippen LogP) is 2.39. The number of aromatic nitrogens is 1. The van der Waals surface area contributed by atoms with Crippen LogP contribution < -0.4 is 10.2 Å². The van der Waals surface area contributed by atoms with Gasteiger partial charge in [0.25, 0.3) is 0 Å². The normalized spacial score (nSPS) is 21.6. The first kappa shape index (κ1) is 17.0. The molecule has 0 saturated carbocycles. The lowest BCUT2D eigenvalue weighted by Crippen LogP contribution is -2.49. The van der Waals surface area contributed by atoms with Crippen LogP contribution in [0, 0.1) is 0 Å². The second-order valence-electron chi connectivity index (χ2n) is 6.58. The molecule has 0 spiro atoms. The van der Waals surface area contributed by atoms with Crippen molar-refractivity contribution >= 4 is 11.8 Å². The lowest BCUT2D eigenvalue weighted by molar-refractivity contribution is -0.0154. The Hall–Kier alpha value is -1.82. The minimum absolute atomic E-state index is 0.0168. The van der Waals surface area contributed by atoms with Gasteiger partial charge in [-0.25, -0.2) is 9.78 Å². The Morgan fingerprint density at radius 3 is 2.83 bits per heavy atom. The van der Waals surface area contributed by atoms with Crippen LogP contribution in [0.4, 0.5) is 10.6 Å². The van der Waals surface area contributed by atoms with Crippen molar-refractivity contribution in [2.75, 3.05) is 37.7 Å². The van der Waals surface area contributed by atoms with E-state index in [9.17, 15) is 4.79 Å². The monoisotopic (exact) mass is 332 g/mol. The molecule has 0 radical (unpaired) electrons. The summed E-state index contributed by atoms with van der Waals surface area (Å²) in [6.07, 6.45) is 6.79. The van der Waals surface area contributed by atoms with Crippen molar-refractivity contribution in [3.63, 3.8) is 0 Å². The average molecular weight is 332 g/mol. The number of rotatable bonds is 4. The van der Waals surface area contributed by atoms with E-state index in [0.29, 0.717) is 26.2 Å². The Bertz CT molecular complexity index is 528. The van der Waals surface area contributed by atoms with Crippen LogP contribution in [0.1, 0.15) is 38.2 Å². The maximum atomic E-state index is 12.3. The Morgan fingerprint density at radius 2 is 2.12 bits per heavy atom. The van der Waals surface area contributed by atoms with Crippen molar-refractivity contribution in [3.8, 4) is 0 Å². The lowest BCUT2D eigenvalue weighted by Gasteiger charge is -2.32. The van der Waals surface area contributed by atoms with Gasteiger partial charge >= 0.3 is 6.03 Å². The van der Waals surface area contributed by atoms with E-state index in [-0.39, 0.29) is 12.1 Å². The molecule has 1 unspecified atom stereocenters. The molecule has 3 heterocycles. The maximum absolute atomic E-state index is 12.3. The Morgan fingerprint density at radius 1 is 1.29 bits per heavy atom. The predicted molar refractivity (Wildman–Crippen MR) is 94.1 cm³/mol. The summed E-state index contributed by atoms with van der Waals surface area (Å²) in [5.41, 5.74) is 1.03. The van der Waals surface area contributed by atoms with E-state index in [4.69, 9.17) is 4.74 Å². The number of hydrogen-bond acceptors (Lipinski definition) is 4. The fourth-order valence-electron chi connectivity index (χ4n) is 3.27. The summed E-state index contributed by atoms with van der Waals surface area (Å²) in [6, 6.07) is 4.11. The van der Waals surface area contributed by atoms with Crippen LogP contribution >= 0.6 is 0 Å². The highest BCUT2D eigenvalue weighted by Crippen LogP contribution is 2.17. The molecule has 2 amide bonds. The maximum Gasteiger partial charge on any atom is 0.317 e. The summed E-state index contributed by atoms with van der Waals surface area (Å²) in [4.78, 5) is 21.0. The molecular formula is C18H28N4O2. The van der Waals surface area contributed by atoms with E-state index < -0.39 is 0 Å². The van der Waals surface area contributed by atoms with Crippen LogP contribution in [0.15, 0.2) is 18.3 Å². The molecule has 132 valence electrons. The van der Waals surface area contributed by atoms with Gasteiger partial charge in [0.1, 0.15) is 5.82 Å². The molecule has 0 aliphatic carbocycles. The summed E-state index contributed by atoms with van der Waals surface area (Å²) in [7, 11) is 0. The zero-order chi connectivity index (χ0) is 16.8. The van der Waals surface area contributed by atoms with E-state index >= 15 is 0 Å². The van der Waals surface area contributed by atoms with Gasteiger partial charge in [-0.15, -0.1) is 0 Å². The summed E-state index contributed by atoms with van der Waals surface area (Å²) < 4.78 is 5.60. The van der Waals surface area contributed by atoms with Crippen LogP contribution in [0.2, 0.25) is 0 Å². The van der Waals surface area contributed by atoms with Gasteiger partial charge in [0, 0.05) is 38.9 Å². The number of amides is 2. The van der Waals surface area contributed by atoms with E-state index in [0.717, 1.165) is 30.9 Å². The molecule has 2 fully saturated rings. The number of hydrogen-bond donors (Lipinski definition) is 1. The fourth-order valence-corrected chi connectivity index (χ4v) is 3.27. The Labute approximate surface area is 144 Å². The molecule has 3 rings (SSSR count). The Kier molecular flexibility index (Phi) is 5.91. The highest BCUT2D eigenvalue weighted by Gasteiger charge is 2.22. The average Bonchev–Trinajstić information content (AvgIpc) is 2.67. The molecule has 0 bridgehead atoms. The van der Waals surface area contributed by atoms with Crippen molar-refractivity contribution in [1.82, 2.24) is 15.2 Å². The van der Waals surface area contributed by atoms with Crippen LogP contribution in [-0.2, 0) is 11.3 Å². The third-order valence-corrected chi connectivity index (χ3v) is 4.81. The Balaban J connectivity index is 1.48. The van der Waals surface area contributed by atoms with Gasteiger partial charge in [0.05, 0.1) is 12.7 Å².